The lowest BCUT2D eigenvalue weighted by Gasteiger charge is -2.29. The molecule has 2 aromatic rings. The maximum absolute atomic E-state index is 13.3. The molecule has 2 aliphatic rings. The van der Waals surface area contributed by atoms with Gasteiger partial charge in [-0.1, -0.05) is 29.8 Å². The van der Waals surface area contributed by atoms with Crippen molar-refractivity contribution >= 4 is 40.8 Å². The molecule has 160 valence electrons. The molecule has 2 aromatic carbocycles. The number of urea groups is 1. The van der Waals surface area contributed by atoms with E-state index in [9.17, 15) is 19.2 Å². The third kappa shape index (κ3) is 3.65. The Kier molecular flexibility index (Phi) is 5.22. The van der Waals surface area contributed by atoms with E-state index in [1.54, 1.807) is 50.2 Å². The fourth-order valence-corrected chi connectivity index (χ4v) is 4.09. The van der Waals surface area contributed by atoms with Crippen molar-refractivity contribution in [3.8, 4) is 0 Å². The highest BCUT2D eigenvalue weighted by Gasteiger charge is 2.45. The van der Waals surface area contributed by atoms with E-state index < -0.39 is 36.5 Å². The van der Waals surface area contributed by atoms with Crippen LogP contribution in [-0.2, 0) is 14.4 Å². The number of nitrogens with zero attached hydrogens (tertiary/aromatic N) is 3. The van der Waals surface area contributed by atoms with Crippen molar-refractivity contribution in [3.05, 3.63) is 54.1 Å². The number of nitrogens with one attached hydrogen (secondary N) is 1. The number of amides is 5. The van der Waals surface area contributed by atoms with Gasteiger partial charge in [0.1, 0.15) is 12.6 Å². The Balaban J connectivity index is 1.61. The molecule has 1 N–H and O–H groups in total. The molecule has 31 heavy (non-hydrogen) atoms. The fraction of sp³-hybridized carbons (Fsp3) is 0.304. The quantitative estimate of drug-likeness (QED) is 0.773. The van der Waals surface area contributed by atoms with Gasteiger partial charge < -0.3 is 10.2 Å². The molecule has 0 spiro atoms. The first-order valence-electron chi connectivity index (χ1n) is 10.2. The molecular weight excluding hydrogens is 396 g/mol. The molecule has 0 aromatic heterocycles. The molecule has 2 aliphatic heterocycles. The predicted molar refractivity (Wildman–Crippen MR) is 117 cm³/mol. The maximum atomic E-state index is 13.3. The number of hydrogen-bond acceptors (Lipinski definition) is 4. The lowest BCUT2D eigenvalue weighted by molar-refractivity contribution is -0.131. The van der Waals surface area contributed by atoms with Crippen molar-refractivity contribution in [1.82, 2.24) is 4.90 Å². The first-order chi connectivity index (χ1) is 14.8. The fourth-order valence-electron chi connectivity index (χ4n) is 4.09. The molecule has 2 heterocycles. The molecular formula is C23H24N4O4. The number of carbonyl (C=O) groups excluding carboxylic acids is 4. The van der Waals surface area contributed by atoms with Gasteiger partial charge in [0, 0.05) is 18.2 Å². The van der Waals surface area contributed by atoms with E-state index in [0.717, 1.165) is 10.5 Å². The van der Waals surface area contributed by atoms with Crippen LogP contribution in [0.2, 0.25) is 0 Å². The van der Waals surface area contributed by atoms with Crippen LogP contribution in [0.1, 0.15) is 25.8 Å². The van der Waals surface area contributed by atoms with Crippen LogP contribution in [0.25, 0.3) is 0 Å². The number of carbonyl (C=O) groups is 4. The summed E-state index contributed by atoms with van der Waals surface area (Å²) in [5.41, 5.74) is 2.72. The number of aryl methyl sites for hydroxylation is 1. The van der Waals surface area contributed by atoms with Crippen molar-refractivity contribution < 1.29 is 19.2 Å². The number of para-hydroxylation sites is 2. The molecule has 0 unspecified atom stereocenters. The van der Waals surface area contributed by atoms with Gasteiger partial charge in [-0.05, 0) is 45.0 Å². The number of anilines is 3. The second kappa shape index (κ2) is 7.86. The van der Waals surface area contributed by atoms with Crippen molar-refractivity contribution in [2.75, 3.05) is 21.7 Å². The molecule has 8 nitrogen and oxygen atoms in total. The summed E-state index contributed by atoms with van der Waals surface area (Å²) in [4.78, 5) is 55.3. The molecule has 0 radical (unpaired) electrons. The predicted octanol–water partition coefficient (Wildman–Crippen LogP) is 2.92. The van der Waals surface area contributed by atoms with Gasteiger partial charge in [-0.3, -0.25) is 24.2 Å². The molecule has 1 saturated heterocycles. The molecule has 4 rings (SSSR count). The summed E-state index contributed by atoms with van der Waals surface area (Å²) >= 11 is 0. The van der Waals surface area contributed by atoms with Crippen molar-refractivity contribution in [1.29, 1.82) is 0 Å². The first-order valence-corrected chi connectivity index (χ1v) is 10.2. The van der Waals surface area contributed by atoms with E-state index in [4.69, 9.17) is 0 Å². The van der Waals surface area contributed by atoms with Crippen LogP contribution in [0.4, 0.5) is 21.9 Å². The Hall–Kier alpha value is -3.68. The Labute approximate surface area is 180 Å². The van der Waals surface area contributed by atoms with E-state index in [0.29, 0.717) is 17.1 Å². The highest BCUT2D eigenvalue weighted by molar-refractivity contribution is 6.16. The van der Waals surface area contributed by atoms with E-state index in [1.807, 2.05) is 19.1 Å². The number of fused-ring (bicyclic) bond motifs is 1. The average molecular weight is 420 g/mol. The Morgan fingerprint density at radius 3 is 2.42 bits per heavy atom. The summed E-state index contributed by atoms with van der Waals surface area (Å²) in [6.07, 6.45) is 0.119. The summed E-state index contributed by atoms with van der Waals surface area (Å²) in [7, 11) is 0. The van der Waals surface area contributed by atoms with Crippen LogP contribution < -0.4 is 15.1 Å². The molecule has 8 heteroatoms. The van der Waals surface area contributed by atoms with Crippen molar-refractivity contribution in [2.45, 2.75) is 39.3 Å². The highest BCUT2D eigenvalue weighted by Crippen LogP contribution is 2.32. The molecule has 2 atom stereocenters. The van der Waals surface area contributed by atoms with Crippen molar-refractivity contribution in [3.63, 3.8) is 0 Å². The largest absolute Gasteiger partial charge is 0.332 e. The molecule has 5 amide bonds. The SMILES string of the molecule is Cc1ccc(N2C(=O)N(CC(=O)N3c4ccccc4NC(=O)C[C@@H]3C)C(=O)[C@@H]2C)cc1. The molecule has 0 aliphatic carbocycles. The zero-order chi connectivity index (χ0) is 22.3. The highest BCUT2D eigenvalue weighted by atomic mass is 16.2. The van der Waals surface area contributed by atoms with Crippen molar-refractivity contribution in [2.24, 2.45) is 0 Å². The van der Waals surface area contributed by atoms with Gasteiger partial charge in [0.25, 0.3) is 5.91 Å². The van der Waals surface area contributed by atoms with Crippen LogP contribution in [-0.4, -0.2) is 47.3 Å². The number of hydrogen-bond donors (Lipinski definition) is 1. The van der Waals surface area contributed by atoms with Crippen LogP contribution in [0.15, 0.2) is 48.5 Å². The second-order valence-corrected chi connectivity index (χ2v) is 7.97. The minimum atomic E-state index is -0.708. The number of rotatable bonds is 3. The van der Waals surface area contributed by atoms with Crippen LogP contribution >= 0.6 is 0 Å². The summed E-state index contributed by atoms with van der Waals surface area (Å²) in [5, 5.41) is 2.80. The second-order valence-electron chi connectivity index (χ2n) is 7.97. The zero-order valence-corrected chi connectivity index (χ0v) is 17.7. The summed E-state index contributed by atoms with van der Waals surface area (Å²) in [6, 6.07) is 12.7. The Morgan fingerprint density at radius 1 is 1.03 bits per heavy atom. The van der Waals surface area contributed by atoms with E-state index in [2.05, 4.69) is 5.32 Å². The van der Waals surface area contributed by atoms with Gasteiger partial charge in [0.2, 0.25) is 11.8 Å². The maximum Gasteiger partial charge on any atom is 0.332 e. The lowest BCUT2D eigenvalue weighted by Crippen LogP contribution is -2.47. The van der Waals surface area contributed by atoms with Gasteiger partial charge in [0.05, 0.1) is 11.4 Å². The first kappa shape index (κ1) is 20.6. The summed E-state index contributed by atoms with van der Waals surface area (Å²) in [6.45, 7) is 4.97. The monoisotopic (exact) mass is 420 g/mol. The zero-order valence-electron chi connectivity index (χ0n) is 17.7. The van der Waals surface area contributed by atoms with Gasteiger partial charge in [-0.25, -0.2) is 4.79 Å². The summed E-state index contributed by atoms with van der Waals surface area (Å²) in [5.74, 6) is -1.04. The van der Waals surface area contributed by atoms with Gasteiger partial charge >= 0.3 is 6.03 Å². The van der Waals surface area contributed by atoms with Gasteiger partial charge in [-0.15, -0.1) is 0 Å². The third-order valence-electron chi connectivity index (χ3n) is 5.68. The van der Waals surface area contributed by atoms with Crippen LogP contribution in [0, 0.1) is 6.92 Å². The Morgan fingerprint density at radius 2 is 1.71 bits per heavy atom. The van der Waals surface area contributed by atoms with Crippen LogP contribution in [0.5, 0.6) is 0 Å². The van der Waals surface area contributed by atoms with Gasteiger partial charge in [-0.2, -0.15) is 0 Å². The molecule has 0 saturated carbocycles. The minimum absolute atomic E-state index is 0.119. The lowest BCUT2D eigenvalue weighted by atomic mass is 10.1. The normalized spacial score (nSPS) is 21.1. The number of benzene rings is 2. The van der Waals surface area contributed by atoms with E-state index >= 15 is 0 Å². The topological polar surface area (TPSA) is 90.0 Å². The Bertz CT molecular complexity index is 1070. The molecule has 0 bridgehead atoms. The third-order valence-corrected chi connectivity index (χ3v) is 5.68. The number of imide groups is 1. The molecule has 1 fully saturated rings. The standard InChI is InChI=1S/C23H24N4O4/c1-14-8-10-17(11-9-14)27-16(3)22(30)25(23(27)31)13-21(29)26-15(2)12-20(28)24-18-6-4-5-7-19(18)26/h4-11,15-16H,12-13H2,1-3H3,(H,24,28)/t15-,16-/m0/s1. The summed E-state index contributed by atoms with van der Waals surface area (Å²) < 4.78 is 0. The minimum Gasteiger partial charge on any atom is -0.324 e. The van der Waals surface area contributed by atoms with Crippen LogP contribution in [0.3, 0.4) is 0 Å². The van der Waals surface area contributed by atoms with Gasteiger partial charge in [0.15, 0.2) is 0 Å². The smallest absolute Gasteiger partial charge is 0.324 e. The van der Waals surface area contributed by atoms with E-state index in [1.165, 1.54) is 9.80 Å². The average Bonchev–Trinajstić information content (AvgIpc) is 2.85. The van der Waals surface area contributed by atoms with E-state index in [-0.39, 0.29) is 12.3 Å².